The second-order valence-corrected chi connectivity index (χ2v) is 4.88. The van der Waals surface area contributed by atoms with Gasteiger partial charge in [-0.3, -0.25) is 4.79 Å². The van der Waals surface area contributed by atoms with Gasteiger partial charge in [0.1, 0.15) is 6.04 Å². The fourth-order valence-electron chi connectivity index (χ4n) is 1.98. The third kappa shape index (κ3) is 4.69. The van der Waals surface area contributed by atoms with Crippen molar-refractivity contribution in [1.29, 1.82) is 0 Å². The Labute approximate surface area is 127 Å². The van der Waals surface area contributed by atoms with Gasteiger partial charge in [0.2, 0.25) is 11.8 Å². The van der Waals surface area contributed by atoms with E-state index in [9.17, 15) is 14.7 Å². The number of nitrogens with zero attached hydrogens (tertiary/aromatic N) is 2. The van der Waals surface area contributed by atoms with Gasteiger partial charge in [0.25, 0.3) is 0 Å². The second-order valence-electron chi connectivity index (χ2n) is 4.88. The molecule has 1 aromatic heterocycles. The Morgan fingerprint density at radius 2 is 2.05 bits per heavy atom. The number of carbonyl (C=O) groups excluding carboxylic acids is 1. The van der Waals surface area contributed by atoms with Gasteiger partial charge in [0, 0.05) is 19.3 Å². The molecular weight excluding hydrogens is 286 g/mol. The molecule has 1 aromatic carbocycles. The number of carboxylic acids is 1. The minimum Gasteiger partial charge on any atom is -0.480 e. The number of aromatic nitrogens is 2. The summed E-state index contributed by atoms with van der Waals surface area (Å²) in [5.74, 6) is -0.560. The van der Waals surface area contributed by atoms with Crippen molar-refractivity contribution in [2.45, 2.75) is 32.2 Å². The quantitative estimate of drug-likeness (QED) is 0.794. The molecule has 7 nitrogen and oxygen atoms in total. The van der Waals surface area contributed by atoms with E-state index in [-0.39, 0.29) is 25.2 Å². The van der Waals surface area contributed by atoms with Crippen LogP contribution < -0.4 is 5.32 Å². The highest BCUT2D eigenvalue weighted by atomic mass is 16.5. The van der Waals surface area contributed by atoms with E-state index in [0.717, 1.165) is 5.56 Å². The molecule has 1 heterocycles. The molecule has 0 radical (unpaired) electrons. The van der Waals surface area contributed by atoms with Gasteiger partial charge in [0.15, 0.2) is 5.82 Å². The minimum absolute atomic E-state index is 0.0974. The Morgan fingerprint density at radius 3 is 2.64 bits per heavy atom. The Kier molecular flexibility index (Phi) is 5.24. The molecule has 0 bridgehead atoms. The number of hydrogen-bond donors (Lipinski definition) is 2. The topological polar surface area (TPSA) is 105 Å². The molecule has 0 saturated heterocycles. The zero-order chi connectivity index (χ0) is 15.9. The van der Waals surface area contributed by atoms with Gasteiger partial charge in [-0.1, -0.05) is 35.5 Å². The molecule has 2 aromatic rings. The number of rotatable bonds is 7. The van der Waals surface area contributed by atoms with E-state index >= 15 is 0 Å². The maximum Gasteiger partial charge on any atom is 0.326 e. The van der Waals surface area contributed by atoms with Crippen molar-refractivity contribution in [3.05, 3.63) is 47.6 Å². The van der Waals surface area contributed by atoms with Gasteiger partial charge in [-0.25, -0.2) is 4.79 Å². The zero-order valence-electron chi connectivity index (χ0n) is 12.2. The smallest absolute Gasteiger partial charge is 0.326 e. The number of hydrogen-bond acceptors (Lipinski definition) is 5. The number of carboxylic acid groups (broad SMARTS) is 1. The van der Waals surface area contributed by atoms with Crippen molar-refractivity contribution in [3.63, 3.8) is 0 Å². The molecule has 2 rings (SSSR count). The summed E-state index contributed by atoms with van der Waals surface area (Å²) in [6.45, 7) is 1.69. The SMILES string of the molecule is Cc1noc(CCC(=O)NC(Cc2ccccc2)C(=O)O)n1. The standard InChI is InChI=1S/C15H17N3O4/c1-10-16-14(22-18-10)8-7-13(19)17-12(15(20)21)9-11-5-3-2-4-6-11/h2-6,12H,7-9H2,1H3,(H,17,19)(H,20,21). The molecule has 0 spiro atoms. The highest BCUT2D eigenvalue weighted by Gasteiger charge is 2.20. The number of carbonyl (C=O) groups is 2. The van der Waals surface area contributed by atoms with Crippen LogP contribution >= 0.6 is 0 Å². The first-order valence-corrected chi connectivity index (χ1v) is 6.90. The fraction of sp³-hybridized carbons (Fsp3) is 0.333. The lowest BCUT2D eigenvalue weighted by Crippen LogP contribution is -2.42. The minimum atomic E-state index is -1.06. The number of nitrogens with one attached hydrogen (secondary N) is 1. The summed E-state index contributed by atoms with van der Waals surface area (Å²) in [4.78, 5) is 27.1. The predicted octanol–water partition coefficient (Wildman–Crippen LogP) is 1.12. The Morgan fingerprint density at radius 1 is 1.32 bits per heavy atom. The number of amides is 1. The summed E-state index contributed by atoms with van der Waals surface area (Å²) < 4.78 is 4.91. The van der Waals surface area contributed by atoms with Crippen LogP contribution in [-0.4, -0.2) is 33.2 Å². The molecule has 0 aliphatic heterocycles. The first kappa shape index (κ1) is 15.7. The van der Waals surface area contributed by atoms with Crippen LogP contribution in [0.2, 0.25) is 0 Å². The largest absolute Gasteiger partial charge is 0.480 e. The van der Waals surface area contributed by atoms with Crippen LogP contribution in [0.5, 0.6) is 0 Å². The van der Waals surface area contributed by atoms with E-state index in [2.05, 4.69) is 15.5 Å². The van der Waals surface area contributed by atoms with Crippen molar-refractivity contribution in [3.8, 4) is 0 Å². The van der Waals surface area contributed by atoms with Crippen molar-refractivity contribution in [2.75, 3.05) is 0 Å². The maximum atomic E-state index is 11.9. The molecule has 116 valence electrons. The highest BCUT2D eigenvalue weighted by molar-refractivity contribution is 5.83. The van der Waals surface area contributed by atoms with E-state index < -0.39 is 12.0 Å². The summed E-state index contributed by atoms with van der Waals surface area (Å²) in [6, 6.07) is 8.19. The van der Waals surface area contributed by atoms with Crippen LogP contribution in [0.3, 0.4) is 0 Å². The number of aliphatic carboxylic acids is 1. The van der Waals surface area contributed by atoms with E-state index in [0.29, 0.717) is 11.7 Å². The Balaban J connectivity index is 1.87. The maximum absolute atomic E-state index is 11.9. The summed E-state index contributed by atoms with van der Waals surface area (Å²) >= 11 is 0. The van der Waals surface area contributed by atoms with E-state index in [1.165, 1.54) is 0 Å². The lowest BCUT2D eigenvalue weighted by molar-refractivity contribution is -0.141. The molecule has 1 unspecified atom stereocenters. The molecule has 0 aliphatic rings. The van der Waals surface area contributed by atoms with Crippen LogP contribution in [0, 0.1) is 6.92 Å². The number of aryl methyl sites for hydroxylation is 2. The van der Waals surface area contributed by atoms with Gasteiger partial charge in [-0.05, 0) is 12.5 Å². The van der Waals surface area contributed by atoms with Crippen molar-refractivity contribution < 1.29 is 19.2 Å². The van der Waals surface area contributed by atoms with Crippen LogP contribution in [-0.2, 0) is 22.4 Å². The number of benzene rings is 1. The summed E-state index contributed by atoms with van der Waals surface area (Å²) in [6.07, 6.45) is 0.617. The predicted molar refractivity (Wildman–Crippen MR) is 77.1 cm³/mol. The van der Waals surface area contributed by atoms with Crippen LogP contribution in [0.1, 0.15) is 23.7 Å². The van der Waals surface area contributed by atoms with Gasteiger partial charge >= 0.3 is 5.97 Å². The summed E-state index contributed by atoms with van der Waals surface area (Å²) in [7, 11) is 0. The molecule has 0 saturated carbocycles. The molecule has 1 atom stereocenters. The second kappa shape index (κ2) is 7.35. The van der Waals surface area contributed by atoms with E-state index in [1.807, 2.05) is 30.3 Å². The molecule has 7 heteroatoms. The van der Waals surface area contributed by atoms with Crippen LogP contribution in [0.15, 0.2) is 34.9 Å². The van der Waals surface area contributed by atoms with Crippen molar-refractivity contribution >= 4 is 11.9 Å². The highest BCUT2D eigenvalue weighted by Crippen LogP contribution is 2.05. The monoisotopic (exact) mass is 303 g/mol. The van der Waals surface area contributed by atoms with Crippen LogP contribution in [0.25, 0.3) is 0 Å². The first-order chi connectivity index (χ1) is 10.5. The molecule has 0 fully saturated rings. The van der Waals surface area contributed by atoms with E-state index in [1.54, 1.807) is 6.92 Å². The molecule has 1 amide bonds. The van der Waals surface area contributed by atoms with E-state index in [4.69, 9.17) is 4.52 Å². The molecule has 2 N–H and O–H groups in total. The fourth-order valence-corrected chi connectivity index (χ4v) is 1.98. The zero-order valence-corrected chi connectivity index (χ0v) is 12.2. The third-order valence-corrected chi connectivity index (χ3v) is 3.05. The van der Waals surface area contributed by atoms with Crippen molar-refractivity contribution in [1.82, 2.24) is 15.5 Å². The summed E-state index contributed by atoms with van der Waals surface area (Å²) in [5, 5.41) is 15.4. The molecule has 0 aliphatic carbocycles. The van der Waals surface area contributed by atoms with Gasteiger partial charge in [-0.15, -0.1) is 0 Å². The van der Waals surface area contributed by atoms with Crippen LogP contribution in [0.4, 0.5) is 0 Å². The third-order valence-electron chi connectivity index (χ3n) is 3.05. The van der Waals surface area contributed by atoms with Gasteiger partial charge < -0.3 is 14.9 Å². The average Bonchev–Trinajstić information content (AvgIpc) is 2.91. The van der Waals surface area contributed by atoms with Gasteiger partial charge in [0.05, 0.1) is 0 Å². The van der Waals surface area contributed by atoms with Gasteiger partial charge in [-0.2, -0.15) is 4.98 Å². The Bertz CT molecular complexity index is 639. The normalized spacial score (nSPS) is 11.9. The lowest BCUT2D eigenvalue weighted by atomic mass is 10.1. The lowest BCUT2D eigenvalue weighted by Gasteiger charge is -2.14. The summed E-state index contributed by atoms with van der Waals surface area (Å²) in [5.41, 5.74) is 0.850. The Hall–Kier alpha value is -2.70. The molecular formula is C15H17N3O4. The first-order valence-electron chi connectivity index (χ1n) is 6.90. The van der Waals surface area contributed by atoms with Crippen molar-refractivity contribution in [2.24, 2.45) is 0 Å². The molecule has 22 heavy (non-hydrogen) atoms. The average molecular weight is 303 g/mol.